The van der Waals surface area contributed by atoms with Crippen LogP contribution in [0.1, 0.15) is 22.3 Å². The Hall–Kier alpha value is -2.62. The Bertz CT molecular complexity index is 640. The monoisotopic (exact) mass is 281 g/mol. The van der Waals surface area contributed by atoms with Gasteiger partial charge in [-0.25, -0.2) is 10.2 Å². The molecule has 0 unspecified atom stereocenters. The van der Waals surface area contributed by atoms with Crippen LogP contribution in [0.2, 0.25) is 0 Å². The normalized spacial score (nSPS) is 10.6. The highest BCUT2D eigenvalue weighted by atomic mass is 16.2. The molecule has 0 aliphatic heterocycles. The summed E-state index contributed by atoms with van der Waals surface area (Å²) in [5.41, 5.74) is 7.46. The number of aryl methyl sites for hydroxylation is 3. The highest BCUT2D eigenvalue weighted by Gasteiger charge is 2.05. The molecule has 4 nitrogen and oxygen atoms in total. The molecule has 0 saturated carbocycles. The first-order valence-corrected chi connectivity index (χ1v) is 6.79. The zero-order valence-corrected chi connectivity index (χ0v) is 12.5. The standard InChI is InChI=1S/C17H19N3O/c1-12-7-9-15(10-8-12)11-18-20-17(21)19-16-13(2)5-4-6-14(16)3/h4-11H,1-3H3,(H2,19,20,21)/b18-11+. The van der Waals surface area contributed by atoms with Gasteiger partial charge in [-0.1, -0.05) is 48.0 Å². The third-order valence-electron chi connectivity index (χ3n) is 3.18. The van der Waals surface area contributed by atoms with Crippen molar-refractivity contribution in [3.63, 3.8) is 0 Å². The lowest BCUT2D eigenvalue weighted by atomic mass is 10.1. The van der Waals surface area contributed by atoms with Crippen molar-refractivity contribution >= 4 is 17.9 Å². The van der Waals surface area contributed by atoms with E-state index in [1.54, 1.807) is 6.21 Å². The number of carbonyl (C=O) groups is 1. The van der Waals surface area contributed by atoms with Gasteiger partial charge in [0.2, 0.25) is 0 Å². The third-order valence-corrected chi connectivity index (χ3v) is 3.18. The number of carbonyl (C=O) groups excluding carboxylic acids is 1. The van der Waals surface area contributed by atoms with Crippen LogP contribution in [0.4, 0.5) is 10.5 Å². The zero-order valence-electron chi connectivity index (χ0n) is 12.5. The van der Waals surface area contributed by atoms with Gasteiger partial charge in [0, 0.05) is 5.69 Å². The number of hydrazone groups is 1. The maximum Gasteiger partial charge on any atom is 0.339 e. The quantitative estimate of drug-likeness (QED) is 0.653. The molecule has 2 aromatic carbocycles. The lowest BCUT2D eigenvalue weighted by molar-refractivity contribution is 0.252. The molecule has 108 valence electrons. The van der Waals surface area contributed by atoms with Crippen LogP contribution in [0.5, 0.6) is 0 Å². The molecular formula is C17H19N3O. The topological polar surface area (TPSA) is 53.5 Å². The molecule has 21 heavy (non-hydrogen) atoms. The van der Waals surface area contributed by atoms with Gasteiger partial charge < -0.3 is 5.32 Å². The van der Waals surface area contributed by atoms with Crippen molar-refractivity contribution in [3.8, 4) is 0 Å². The molecular weight excluding hydrogens is 262 g/mol. The molecule has 0 aliphatic rings. The van der Waals surface area contributed by atoms with Crippen molar-refractivity contribution in [2.45, 2.75) is 20.8 Å². The minimum Gasteiger partial charge on any atom is -0.306 e. The Morgan fingerprint density at radius 1 is 1.00 bits per heavy atom. The number of hydrogen-bond acceptors (Lipinski definition) is 2. The summed E-state index contributed by atoms with van der Waals surface area (Å²) >= 11 is 0. The van der Waals surface area contributed by atoms with Gasteiger partial charge in [-0.15, -0.1) is 0 Å². The summed E-state index contributed by atoms with van der Waals surface area (Å²) in [6.45, 7) is 5.94. The summed E-state index contributed by atoms with van der Waals surface area (Å²) in [5.74, 6) is 0. The van der Waals surface area contributed by atoms with Gasteiger partial charge in [0.05, 0.1) is 6.21 Å². The molecule has 0 radical (unpaired) electrons. The molecule has 0 aliphatic carbocycles. The summed E-state index contributed by atoms with van der Waals surface area (Å²) in [4.78, 5) is 11.8. The van der Waals surface area contributed by atoms with Crippen LogP contribution in [-0.4, -0.2) is 12.2 Å². The molecule has 2 amide bonds. The molecule has 0 heterocycles. The molecule has 0 saturated heterocycles. The maximum absolute atomic E-state index is 11.8. The van der Waals surface area contributed by atoms with Crippen molar-refractivity contribution in [3.05, 3.63) is 64.7 Å². The SMILES string of the molecule is Cc1ccc(/C=N/NC(=O)Nc2c(C)cccc2C)cc1. The van der Waals surface area contributed by atoms with Gasteiger partial charge in [0.25, 0.3) is 0 Å². The first-order valence-electron chi connectivity index (χ1n) is 6.79. The van der Waals surface area contributed by atoms with E-state index in [-0.39, 0.29) is 6.03 Å². The van der Waals surface area contributed by atoms with Crippen LogP contribution in [0.15, 0.2) is 47.6 Å². The number of nitrogens with one attached hydrogen (secondary N) is 2. The summed E-state index contributed by atoms with van der Waals surface area (Å²) in [6.07, 6.45) is 1.61. The predicted octanol–water partition coefficient (Wildman–Crippen LogP) is 3.77. The van der Waals surface area contributed by atoms with Crippen LogP contribution >= 0.6 is 0 Å². The second-order valence-electron chi connectivity index (χ2n) is 5.00. The first kappa shape index (κ1) is 14.8. The van der Waals surface area contributed by atoms with Crippen molar-refractivity contribution in [1.82, 2.24) is 5.43 Å². The van der Waals surface area contributed by atoms with Crippen LogP contribution < -0.4 is 10.7 Å². The fourth-order valence-corrected chi connectivity index (χ4v) is 1.97. The van der Waals surface area contributed by atoms with E-state index in [0.29, 0.717) is 0 Å². The lowest BCUT2D eigenvalue weighted by Gasteiger charge is -2.10. The molecule has 2 rings (SSSR count). The van der Waals surface area contributed by atoms with Crippen molar-refractivity contribution in [2.75, 3.05) is 5.32 Å². The highest BCUT2D eigenvalue weighted by molar-refractivity contribution is 5.91. The molecule has 2 N–H and O–H groups in total. The van der Waals surface area contributed by atoms with Gasteiger partial charge in [0.15, 0.2) is 0 Å². The van der Waals surface area contributed by atoms with Gasteiger partial charge in [-0.05, 0) is 37.5 Å². The van der Waals surface area contributed by atoms with E-state index in [1.165, 1.54) is 5.56 Å². The van der Waals surface area contributed by atoms with Crippen LogP contribution in [0, 0.1) is 20.8 Å². The maximum atomic E-state index is 11.8. The average Bonchev–Trinajstić information content (AvgIpc) is 2.45. The summed E-state index contributed by atoms with van der Waals surface area (Å²) in [6, 6.07) is 13.4. The van der Waals surface area contributed by atoms with E-state index in [0.717, 1.165) is 22.4 Å². The van der Waals surface area contributed by atoms with Gasteiger partial charge in [0.1, 0.15) is 0 Å². The summed E-state index contributed by atoms with van der Waals surface area (Å²) < 4.78 is 0. The molecule has 4 heteroatoms. The number of anilines is 1. The summed E-state index contributed by atoms with van der Waals surface area (Å²) in [7, 11) is 0. The van der Waals surface area contributed by atoms with Crippen LogP contribution in [-0.2, 0) is 0 Å². The Labute approximate surface area is 124 Å². The van der Waals surface area contributed by atoms with E-state index in [1.807, 2.05) is 63.2 Å². The third kappa shape index (κ3) is 4.18. The average molecular weight is 281 g/mol. The lowest BCUT2D eigenvalue weighted by Crippen LogP contribution is -2.25. The van der Waals surface area contributed by atoms with Crippen molar-refractivity contribution < 1.29 is 4.79 Å². The largest absolute Gasteiger partial charge is 0.339 e. The molecule has 0 fully saturated rings. The van der Waals surface area contributed by atoms with Crippen LogP contribution in [0.3, 0.4) is 0 Å². The zero-order chi connectivity index (χ0) is 15.2. The fourth-order valence-electron chi connectivity index (χ4n) is 1.97. The number of para-hydroxylation sites is 1. The number of hydrogen-bond donors (Lipinski definition) is 2. The Morgan fingerprint density at radius 2 is 1.62 bits per heavy atom. The van der Waals surface area contributed by atoms with Crippen LogP contribution in [0.25, 0.3) is 0 Å². The van der Waals surface area contributed by atoms with E-state index in [4.69, 9.17) is 0 Å². The van der Waals surface area contributed by atoms with Crippen molar-refractivity contribution in [2.24, 2.45) is 5.10 Å². The van der Waals surface area contributed by atoms with Gasteiger partial charge in [-0.2, -0.15) is 5.10 Å². The number of rotatable bonds is 3. The number of urea groups is 1. The second kappa shape index (κ2) is 6.70. The Kier molecular flexibility index (Phi) is 4.72. The van der Waals surface area contributed by atoms with Gasteiger partial charge in [-0.3, -0.25) is 0 Å². The summed E-state index contributed by atoms with van der Waals surface area (Å²) in [5, 5.41) is 6.75. The molecule has 0 spiro atoms. The number of amides is 2. The van der Waals surface area contributed by atoms with E-state index < -0.39 is 0 Å². The minimum atomic E-state index is -0.351. The van der Waals surface area contributed by atoms with Gasteiger partial charge >= 0.3 is 6.03 Å². The number of nitrogens with zero attached hydrogens (tertiary/aromatic N) is 1. The van der Waals surface area contributed by atoms with E-state index >= 15 is 0 Å². The fraction of sp³-hybridized carbons (Fsp3) is 0.176. The molecule has 0 bridgehead atoms. The van der Waals surface area contributed by atoms with E-state index in [2.05, 4.69) is 15.8 Å². The second-order valence-corrected chi connectivity index (χ2v) is 5.00. The first-order chi connectivity index (χ1) is 10.1. The molecule has 2 aromatic rings. The molecule has 0 aromatic heterocycles. The Morgan fingerprint density at radius 3 is 2.24 bits per heavy atom. The molecule has 0 atom stereocenters. The Balaban J connectivity index is 1.95. The highest BCUT2D eigenvalue weighted by Crippen LogP contribution is 2.18. The minimum absolute atomic E-state index is 0.351. The van der Waals surface area contributed by atoms with E-state index in [9.17, 15) is 4.79 Å². The predicted molar refractivity (Wildman–Crippen MR) is 86.8 cm³/mol. The number of benzene rings is 2. The van der Waals surface area contributed by atoms with Crippen molar-refractivity contribution in [1.29, 1.82) is 0 Å². The smallest absolute Gasteiger partial charge is 0.306 e.